The predicted octanol–water partition coefficient (Wildman–Crippen LogP) is 1.79. The van der Waals surface area contributed by atoms with Gasteiger partial charge >= 0.3 is 6.03 Å². The minimum absolute atomic E-state index is 0.0716. The zero-order valence-corrected chi connectivity index (χ0v) is 17.2. The molecule has 2 fully saturated rings. The van der Waals surface area contributed by atoms with Crippen LogP contribution < -0.4 is 25.0 Å². The minimum Gasteiger partial charge on any atom is -0.493 e. The highest BCUT2D eigenvalue weighted by atomic mass is 16.5. The van der Waals surface area contributed by atoms with Crippen molar-refractivity contribution in [2.75, 3.05) is 21.3 Å². The van der Waals surface area contributed by atoms with Crippen molar-refractivity contribution in [2.24, 2.45) is 5.92 Å². The van der Waals surface area contributed by atoms with Gasteiger partial charge in [-0.3, -0.25) is 15.0 Å². The summed E-state index contributed by atoms with van der Waals surface area (Å²) >= 11 is 0. The number of nitrogens with zero attached hydrogens (tertiary/aromatic N) is 1. The van der Waals surface area contributed by atoms with Crippen LogP contribution in [-0.2, 0) is 16.0 Å². The number of urea groups is 1. The van der Waals surface area contributed by atoms with Gasteiger partial charge in [0.15, 0.2) is 11.5 Å². The number of nitrogens with one attached hydrogen (secondary N) is 2. The van der Waals surface area contributed by atoms with Crippen LogP contribution in [0.2, 0.25) is 0 Å². The Morgan fingerprint density at radius 1 is 1.14 bits per heavy atom. The molecule has 0 atom stereocenters. The van der Waals surface area contributed by atoms with Crippen LogP contribution >= 0.6 is 0 Å². The number of hydrogen-bond donors (Lipinski definition) is 2. The Morgan fingerprint density at radius 2 is 1.72 bits per heavy atom. The molecule has 2 aliphatic rings. The quantitative estimate of drug-likeness (QED) is 0.699. The lowest BCUT2D eigenvalue weighted by Gasteiger charge is -2.33. The molecule has 1 aromatic rings. The third kappa shape index (κ3) is 3.94. The molecule has 0 unspecified atom stereocenters. The van der Waals surface area contributed by atoms with E-state index in [4.69, 9.17) is 14.2 Å². The molecule has 0 bridgehead atoms. The fraction of sp³-hybridized carbons (Fsp3) is 0.550. The smallest absolute Gasteiger partial charge is 0.344 e. The molecule has 158 valence electrons. The highest BCUT2D eigenvalue weighted by Crippen LogP contribution is 2.38. The summed E-state index contributed by atoms with van der Waals surface area (Å²) in [5.74, 6) is 0.882. The number of carbonyl (C=O) groups is 3. The summed E-state index contributed by atoms with van der Waals surface area (Å²) < 4.78 is 15.8. The molecule has 4 amide bonds. The standard InChI is InChI=1S/C20H27N3O6/c1-12-5-7-20(8-6-12)18(25)23(19(26)21-20)22-16(24)11-13-9-14(27-2)17(29-4)15(10-13)28-3/h9-10,12H,5-8,11H2,1-4H3,(H,21,26)(H,22,24). The van der Waals surface area contributed by atoms with E-state index in [1.807, 2.05) is 0 Å². The van der Waals surface area contributed by atoms with E-state index >= 15 is 0 Å². The van der Waals surface area contributed by atoms with Crippen molar-refractivity contribution in [1.29, 1.82) is 0 Å². The van der Waals surface area contributed by atoms with Crippen molar-refractivity contribution < 1.29 is 28.6 Å². The van der Waals surface area contributed by atoms with Gasteiger partial charge in [-0.25, -0.2) is 4.79 Å². The van der Waals surface area contributed by atoms with Gasteiger partial charge in [-0.1, -0.05) is 6.92 Å². The SMILES string of the molecule is COc1cc(CC(=O)NN2C(=O)NC3(CCC(C)CC3)C2=O)cc(OC)c1OC. The highest BCUT2D eigenvalue weighted by molar-refractivity contribution is 6.08. The third-order valence-electron chi connectivity index (χ3n) is 5.62. The van der Waals surface area contributed by atoms with Crippen molar-refractivity contribution >= 4 is 17.8 Å². The van der Waals surface area contributed by atoms with Gasteiger partial charge in [-0.05, 0) is 49.3 Å². The van der Waals surface area contributed by atoms with E-state index in [9.17, 15) is 14.4 Å². The molecule has 3 rings (SSSR count). The molecule has 1 aliphatic carbocycles. The Kier molecular flexibility index (Phi) is 5.86. The first kappa shape index (κ1) is 20.8. The van der Waals surface area contributed by atoms with Gasteiger partial charge in [0.2, 0.25) is 11.7 Å². The second-order valence-corrected chi connectivity index (χ2v) is 7.58. The zero-order chi connectivity index (χ0) is 21.2. The average Bonchev–Trinajstić information content (AvgIpc) is 2.93. The normalized spacial score (nSPS) is 23.7. The van der Waals surface area contributed by atoms with E-state index in [1.54, 1.807) is 12.1 Å². The molecular formula is C20H27N3O6. The van der Waals surface area contributed by atoms with Crippen LogP contribution in [0.1, 0.15) is 38.2 Å². The van der Waals surface area contributed by atoms with Gasteiger partial charge in [-0.2, -0.15) is 5.01 Å². The molecule has 1 saturated carbocycles. The van der Waals surface area contributed by atoms with Gasteiger partial charge in [0, 0.05) is 0 Å². The Labute approximate surface area is 169 Å². The summed E-state index contributed by atoms with van der Waals surface area (Å²) in [6.45, 7) is 2.13. The molecule has 1 heterocycles. The van der Waals surface area contributed by atoms with Gasteiger partial charge in [-0.15, -0.1) is 0 Å². The lowest BCUT2D eigenvalue weighted by Crippen LogP contribution is -2.51. The van der Waals surface area contributed by atoms with E-state index in [-0.39, 0.29) is 6.42 Å². The van der Waals surface area contributed by atoms with Crippen LogP contribution in [0.3, 0.4) is 0 Å². The number of methoxy groups -OCH3 is 3. The topological polar surface area (TPSA) is 106 Å². The van der Waals surface area contributed by atoms with E-state index in [0.717, 1.165) is 17.9 Å². The largest absolute Gasteiger partial charge is 0.493 e. The molecule has 9 heteroatoms. The molecule has 2 N–H and O–H groups in total. The number of hydrazine groups is 1. The molecule has 9 nitrogen and oxygen atoms in total. The van der Waals surface area contributed by atoms with Crippen molar-refractivity contribution in [3.63, 3.8) is 0 Å². The van der Waals surface area contributed by atoms with E-state index < -0.39 is 23.4 Å². The number of rotatable bonds is 6. The van der Waals surface area contributed by atoms with Gasteiger partial charge < -0.3 is 19.5 Å². The molecular weight excluding hydrogens is 378 g/mol. The Morgan fingerprint density at radius 3 is 2.24 bits per heavy atom. The summed E-state index contributed by atoms with van der Waals surface area (Å²) in [6.07, 6.45) is 2.81. The molecule has 0 aromatic heterocycles. The summed E-state index contributed by atoms with van der Waals surface area (Å²) in [7, 11) is 4.46. The van der Waals surface area contributed by atoms with Gasteiger partial charge in [0.05, 0.1) is 27.8 Å². The zero-order valence-electron chi connectivity index (χ0n) is 17.2. The van der Waals surface area contributed by atoms with Gasteiger partial charge in [0.25, 0.3) is 5.91 Å². The van der Waals surface area contributed by atoms with E-state index in [0.29, 0.717) is 41.6 Å². The number of imide groups is 1. The molecule has 29 heavy (non-hydrogen) atoms. The van der Waals surface area contributed by atoms with Crippen LogP contribution in [0, 0.1) is 5.92 Å². The fourth-order valence-electron chi connectivity index (χ4n) is 3.90. The maximum atomic E-state index is 12.8. The lowest BCUT2D eigenvalue weighted by atomic mass is 9.77. The van der Waals surface area contributed by atoms with Crippen molar-refractivity contribution in [1.82, 2.24) is 15.8 Å². The first-order valence-electron chi connectivity index (χ1n) is 9.58. The number of amides is 4. The van der Waals surface area contributed by atoms with Crippen LogP contribution in [0.15, 0.2) is 12.1 Å². The lowest BCUT2D eigenvalue weighted by molar-refractivity contribution is -0.139. The second-order valence-electron chi connectivity index (χ2n) is 7.58. The summed E-state index contributed by atoms with van der Waals surface area (Å²) in [4.78, 5) is 37.7. The molecule has 1 saturated heterocycles. The Hall–Kier alpha value is -2.97. The van der Waals surface area contributed by atoms with Crippen LogP contribution in [0.5, 0.6) is 17.2 Å². The van der Waals surface area contributed by atoms with Gasteiger partial charge in [0.1, 0.15) is 5.54 Å². The minimum atomic E-state index is -0.899. The Bertz CT molecular complexity index is 791. The number of benzene rings is 1. The molecule has 1 spiro atoms. The van der Waals surface area contributed by atoms with E-state index in [1.165, 1.54) is 21.3 Å². The van der Waals surface area contributed by atoms with Crippen molar-refractivity contribution in [3.05, 3.63) is 17.7 Å². The monoisotopic (exact) mass is 405 g/mol. The maximum Gasteiger partial charge on any atom is 0.344 e. The number of ether oxygens (including phenoxy) is 3. The first-order valence-corrected chi connectivity index (χ1v) is 9.58. The van der Waals surface area contributed by atoms with Crippen LogP contribution in [0.4, 0.5) is 4.79 Å². The highest BCUT2D eigenvalue weighted by Gasteiger charge is 2.52. The number of carbonyl (C=O) groups excluding carboxylic acids is 3. The summed E-state index contributed by atoms with van der Waals surface area (Å²) in [5, 5.41) is 3.58. The summed E-state index contributed by atoms with van der Waals surface area (Å²) in [5.41, 5.74) is 2.12. The average molecular weight is 405 g/mol. The van der Waals surface area contributed by atoms with Crippen LogP contribution in [0.25, 0.3) is 0 Å². The second kappa shape index (κ2) is 8.18. The van der Waals surface area contributed by atoms with Crippen LogP contribution in [-0.4, -0.2) is 49.7 Å². The fourth-order valence-corrected chi connectivity index (χ4v) is 3.90. The Balaban J connectivity index is 1.71. The van der Waals surface area contributed by atoms with Crippen molar-refractivity contribution in [2.45, 2.75) is 44.6 Å². The molecule has 1 aromatic carbocycles. The van der Waals surface area contributed by atoms with E-state index in [2.05, 4.69) is 17.7 Å². The molecule has 1 aliphatic heterocycles. The predicted molar refractivity (Wildman–Crippen MR) is 104 cm³/mol. The third-order valence-corrected chi connectivity index (χ3v) is 5.62. The maximum absolute atomic E-state index is 12.8. The molecule has 0 radical (unpaired) electrons. The summed E-state index contributed by atoms with van der Waals surface area (Å²) in [6, 6.07) is 2.70. The first-order chi connectivity index (χ1) is 13.8. The van der Waals surface area contributed by atoms with Crippen molar-refractivity contribution in [3.8, 4) is 17.2 Å². The number of hydrogen-bond acceptors (Lipinski definition) is 6.